The van der Waals surface area contributed by atoms with Crippen LogP contribution in [0.5, 0.6) is 0 Å². The summed E-state index contributed by atoms with van der Waals surface area (Å²) in [7, 11) is 0. The largest absolute Gasteiger partial charge is 0.394 e. The topological polar surface area (TPSA) is 73.8 Å². The van der Waals surface area contributed by atoms with Gasteiger partial charge < -0.3 is 15.4 Å². The lowest BCUT2D eigenvalue weighted by Gasteiger charge is -2.18. The van der Waals surface area contributed by atoms with Gasteiger partial charge in [0.05, 0.1) is 18.0 Å². The van der Waals surface area contributed by atoms with Crippen LogP contribution < -0.4 is 5.32 Å². The summed E-state index contributed by atoms with van der Waals surface area (Å²) in [4.78, 5) is 11.5. The minimum Gasteiger partial charge on any atom is -0.394 e. The number of aromatic amines is 1. The molecule has 0 amide bonds. The van der Waals surface area contributed by atoms with E-state index >= 15 is 0 Å². The number of aryl methyl sites for hydroxylation is 2. The number of aliphatic hydroxyl groups is 1. The van der Waals surface area contributed by atoms with E-state index in [9.17, 15) is 5.11 Å². The predicted octanol–water partition coefficient (Wildman–Crippen LogP) is 2.59. The number of nitrogens with zero attached hydrogens (tertiary/aromatic N) is 2. The molecule has 114 valence electrons. The Labute approximate surface area is 129 Å². The maximum absolute atomic E-state index is 9.68. The molecule has 0 spiro atoms. The van der Waals surface area contributed by atoms with Gasteiger partial charge in [-0.1, -0.05) is 18.2 Å². The van der Waals surface area contributed by atoms with E-state index in [0.717, 1.165) is 23.3 Å². The third kappa shape index (κ3) is 2.94. The fourth-order valence-electron chi connectivity index (χ4n) is 2.56. The first-order valence-corrected chi connectivity index (χ1v) is 7.39. The van der Waals surface area contributed by atoms with Gasteiger partial charge in [-0.05, 0) is 43.0 Å². The van der Waals surface area contributed by atoms with Gasteiger partial charge in [-0.3, -0.25) is 0 Å². The van der Waals surface area contributed by atoms with Crippen LogP contribution in [0.2, 0.25) is 0 Å². The number of aliphatic hydroxyl groups excluding tert-OH is 1. The molecule has 1 aromatic carbocycles. The summed E-state index contributed by atoms with van der Waals surface area (Å²) in [5, 5.41) is 13.9. The molecule has 2 heterocycles. The first-order valence-electron chi connectivity index (χ1n) is 7.39. The molecule has 3 aromatic rings. The summed E-state index contributed by atoms with van der Waals surface area (Å²) in [6, 6.07) is 8.25. The average Bonchev–Trinajstić information content (AvgIpc) is 3.00. The highest BCUT2D eigenvalue weighted by Crippen LogP contribution is 2.19. The number of rotatable bonds is 5. The van der Waals surface area contributed by atoms with Crippen molar-refractivity contribution in [3.8, 4) is 0 Å². The molecule has 5 heteroatoms. The van der Waals surface area contributed by atoms with Crippen molar-refractivity contribution in [2.75, 3.05) is 11.9 Å². The maximum atomic E-state index is 9.68. The Morgan fingerprint density at radius 3 is 2.82 bits per heavy atom. The van der Waals surface area contributed by atoms with Crippen LogP contribution in [0.15, 0.2) is 36.8 Å². The number of hydrogen-bond acceptors (Lipinski definition) is 4. The summed E-state index contributed by atoms with van der Waals surface area (Å²) in [6.07, 6.45) is 4.10. The molecule has 3 rings (SSSR count). The van der Waals surface area contributed by atoms with E-state index in [0.29, 0.717) is 0 Å². The summed E-state index contributed by atoms with van der Waals surface area (Å²) >= 11 is 0. The van der Waals surface area contributed by atoms with Crippen LogP contribution in [-0.4, -0.2) is 32.7 Å². The van der Waals surface area contributed by atoms with Crippen LogP contribution in [0.25, 0.3) is 11.0 Å². The minimum atomic E-state index is -0.0879. The van der Waals surface area contributed by atoms with E-state index in [1.807, 2.05) is 12.3 Å². The highest BCUT2D eigenvalue weighted by atomic mass is 16.3. The fourth-order valence-corrected chi connectivity index (χ4v) is 2.56. The molecule has 0 saturated heterocycles. The molecule has 0 aliphatic heterocycles. The van der Waals surface area contributed by atoms with Crippen LogP contribution in [0.3, 0.4) is 0 Å². The summed E-state index contributed by atoms with van der Waals surface area (Å²) in [5.74, 6) is 0.745. The van der Waals surface area contributed by atoms with Crippen LogP contribution in [0, 0.1) is 13.8 Å². The maximum Gasteiger partial charge on any atom is 0.142 e. The van der Waals surface area contributed by atoms with Gasteiger partial charge in [-0.15, -0.1) is 0 Å². The molecule has 0 fully saturated rings. The van der Waals surface area contributed by atoms with Crippen molar-refractivity contribution in [2.24, 2.45) is 0 Å². The van der Waals surface area contributed by atoms with Gasteiger partial charge in [0.1, 0.15) is 17.8 Å². The van der Waals surface area contributed by atoms with Gasteiger partial charge >= 0.3 is 0 Å². The molecular weight excluding hydrogens is 276 g/mol. The first-order chi connectivity index (χ1) is 10.7. The lowest BCUT2D eigenvalue weighted by molar-refractivity contribution is 0.273. The second-order valence-electron chi connectivity index (χ2n) is 5.61. The molecule has 0 unspecified atom stereocenters. The molecule has 3 N–H and O–H groups in total. The number of aromatic nitrogens is 3. The third-order valence-corrected chi connectivity index (χ3v) is 3.97. The van der Waals surface area contributed by atoms with E-state index in [4.69, 9.17) is 0 Å². The Morgan fingerprint density at radius 2 is 2.05 bits per heavy atom. The van der Waals surface area contributed by atoms with Crippen molar-refractivity contribution in [1.82, 2.24) is 15.0 Å². The van der Waals surface area contributed by atoms with Crippen molar-refractivity contribution in [2.45, 2.75) is 26.3 Å². The number of H-pyrrole nitrogens is 1. The third-order valence-electron chi connectivity index (χ3n) is 3.97. The SMILES string of the molecule is Cc1ccc(C[C@H](CO)Nc2ncnc3[nH]ccc23)cc1C. The monoisotopic (exact) mass is 296 g/mol. The second-order valence-corrected chi connectivity index (χ2v) is 5.61. The lowest BCUT2D eigenvalue weighted by Crippen LogP contribution is -2.27. The van der Waals surface area contributed by atoms with Gasteiger partial charge in [0.15, 0.2) is 0 Å². The smallest absolute Gasteiger partial charge is 0.142 e. The van der Waals surface area contributed by atoms with Crippen LogP contribution in [-0.2, 0) is 6.42 Å². The number of fused-ring (bicyclic) bond motifs is 1. The molecule has 0 bridgehead atoms. The fraction of sp³-hybridized carbons (Fsp3) is 0.294. The summed E-state index contributed by atoms with van der Waals surface area (Å²) < 4.78 is 0. The summed E-state index contributed by atoms with van der Waals surface area (Å²) in [5.41, 5.74) is 4.54. The number of nitrogens with one attached hydrogen (secondary N) is 2. The Kier molecular flexibility index (Phi) is 4.06. The normalized spacial score (nSPS) is 12.5. The van der Waals surface area contributed by atoms with Gasteiger partial charge in [-0.25, -0.2) is 9.97 Å². The van der Waals surface area contributed by atoms with E-state index in [1.165, 1.54) is 23.0 Å². The van der Waals surface area contributed by atoms with E-state index in [1.54, 1.807) is 0 Å². The molecule has 1 atom stereocenters. The molecule has 0 radical (unpaired) electrons. The van der Waals surface area contributed by atoms with Gasteiger partial charge in [0.25, 0.3) is 0 Å². The van der Waals surface area contributed by atoms with Gasteiger partial charge in [0.2, 0.25) is 0 Å². The lowest BCUT2D eigenvalue weighted by atomic mass is 10.0. The van der Waals surface area contributed by atoms with Crippen LogP contribution >= 0.6 is 0 Å². The summed E-state index contributed by atoms with van der Waals surface area (Å²) in [6.45, 7) is 4.25. The first kappa shape index (κ1) is 14.5. The Balaban J connectivity index is 1.79. The zero-order valence-corrected chi connectivity index (χ0v) is 12.8. The zero-order chi connectivity index (χ0) is 15.5. The van der Waals surface area contributed by atoms with Crippen LogP contribution in [0.1, 0.15) is 16.7 Å². The average molecular weight is 296 g/mol. The highest BCUT2D eigenvalue weighted by molar-refractivity contribution is 5.86. The van der Waals surface area contributed by atoms with E-state index in [2.05, 4.69) is 52.3 Å². The van der Waals surface area contributed by atoms with Crippen molar-refractivity contribution in [3.05, 3.63) is 53.5 Å². The Hall–Kier alpha value is -2.40. The minimum absolute atomic E-state index is 0.0445. The Morgan fingerprint density at radius 1 is 1.18 bits per heavy atom. The molecule has 5 nitrogen and oxygen atoms in total. The van der Waals surface area contributed by atoms with Gasteiger partial charge in [0, 0.05) is 6.20 Å². The van der Waals surface area contributed by atoms with Crippen molar-refractivity contribution < 1.29 is 5.11 Å². The Bertz CT molecular complexity index is 781. The van der Waals surface area contributed by atoms with Crippen molar-refractivity contribution in [3.63, 3.8) is 0 Å². The van der Waals surface area contributed by atoms with Crippen molar-refractivity contribution in [1.29, 1.82) is 0 Å². The molecule has 2 aromatic heterocycles. The molecular formula is C17H20N4O. The molecule has 0 saturated carbocycles. The molecule has 0 aliphatic carbocycles. The zero-order valence-electron chi connectivity index (χ0n) is 12.8. The number of benzene rings is 1. The molecule has 0 aliphatic rings. The van der Waals surface area contributed by atoms with E-state index < -0.39 is 0 Å². The van der Waals surface area contributed by atoms with E-state index in [-0.39, 0.29) is 12.6 Å². The highest BCUT2D eigenvalue weighted by Gasteiger charge is 2.12. The predicted molar refractivity (Wildman–Crippen MR) is 88.0 cm³/mol. The van der Waals surface area contributed by atoms with Crippen molar-refractivity contribution >= 4 is 16.9 Å². The standard InChI is InChI=1S/C17H20N4O/c1-11-3-4-13(7-12(11)2)8-14(9-22)21-17-15-5-6-18-16(15)19-10-20-17/h3-7,10,14,22H,8-9H2,1-2H3,(H2,18,19,20,21)/t14-/m1/s1. The molecule has 22 heavy (non-hydrogen) atoms. The quantitative estimate of drug-likeness (QED) is 0.676. The second kappa shape index (κ2) is 6.15. The van der Waals surface area contributed by atoms with Gasteiger partial charge in [-0.2, -0.15) is 0 Å². The number of anilines is 1. The van der Waals surface area contributed by atoms with Crippen LogP contribution in [0.4, 0.5) is 5.82 Å². The number of hydrogen-bond donors (Lipinski definition) is 3.